The van der Waals surface area contributed by atoms with Crippen LogP contribution in [0.5, 0.6) is 5.75 Å². The predicted octanol–water partition coefficient (Wildman–Crippen LogP) is 3.14. The highest BCUT2D eigenvalue weighted by atomic mass is 16.5. The Morgan fingerprint density at radius 3 is 2.62 bits per heavy atom. The summed E-state index contributed by atoms with van der Waals surface area (Å²) in [6, 6.07) is 14.5. The average Bonchev–Trinajstić information content (AvgIpc) is 3.28. The van der Waals surface area contributed by atoms with E-state index in [4.69, 9.17) is 9.26 Å². The minimum absolute atomic E-state index is 0.0483. The number of hydrogen-bond acceptors (Lipinski definition) is 6. The van der Waals surface area contributed by atoms with Gasteiger partial charge in [-0.15, -0.1) is 0 Å². The molecule has 0 radical (unpaired) electrons. The van der Waals surface area contributed by atoms with Crippen LogP contribution in [0.15, 0.2) is 59.3 Å². The van der Waals surface area contributed by atoms with Crippen LogP contribution in [0.3, 0.4) is 0 Å². The fourth-order valence-corrected chi connectivity index (χ4v) is 3.93. The molecule has 1 saturated heterocycles. The largest absolute Gasteiger partial charge is 0.497 e. The van der Waals surface area contributed by atoms with Crippen LogP contribution in [0, 0.1) is 12.8 Å². The van der Waals surface area contributed by atoms with Crippen LogP contribution >= 0.6 is 0 Å². The van der Waals surface area contributed by atoms with E-state index in [9.17, 15) is 9.59 Å². The molecule has 1 fully saturated rings. The van der Waals surface area contributed by atoms with E-state index in [1.807, 2.05) is 42.5 Å². The monoisotopic (exact) mass is 434 g/mol. The van der Waals surface area contributed by atoms with Gasteiger partial charge in [0.2, 0.25) is 5.91 Å². The molecule has 1 unspecified atom stereocenters. The lowest BCUT2D eigenvalue weighted by Crippen LogP contribution is -2.44. The van der Waals surface area contributed by atoms with Crippen molar-refractivity contribution in [3.05, 3.63) is 77.4 Å². The molecule has 3 aromatic rings. The molecule has 8 nitrogen and oxygen atoms in total. The summed E-state index contributed by atoms with van der Waals surface area (Å²) in [5, 5.41) is 6.96. The zero-order chi connectivity index (χ0) is 22.5. The zero-order valence-electron chi connectivity index (χ0n) is 18.2. The summed E-state index contributed by atoms with van der Waals surface area (Å²) in [6.45, 7) is 2.74. The topological polar surface area (TPSA) is 97.6 Å². The molecule has 8 heteroatoms. The van der Waals surface area contributed by atoms with E-state index >= 15 is 0 Å². The van der Waals surface area contributed by atoms with E-state index in [1.165, 1.54) is 0 Å². The summed E-state index contributed by atoms with van der Waals surface area (Å²) < 4.78 is 10.4. The summed E-state index contributed by atoms with van der Waals surface area (Å²) in [4.78, 5) is 31.9. The maximum absolute atomic E-state index is 13.2. The zero-order valence-corrected chi connectivity index (χ0v) is 18.2. The van der Waals surface area contributed by atoms with E-state index in [0.29, 0.717) is 43.1 Å². The van der Waals surface area contributed by atoms with Gasteiger partial charge in [0.1, 0.15) is 11.5 Å². The maximum atomic E-state index is 13.2. The maximum Gasteiger partial charge on any atom is 0.276 e. The van der Waals surface area contributed by atoms with Crippen molar-refractivity contribution in [2.75, 3.05) is 20.2 Å². The third-order valence-corrected chi connectivity index (χ3v) is 5.70. The second-order valence-corrected chi connectivity index (χ2v) is 7.86. The second-order valence-electron chi connectivity index (χ2n) is 7.86. The van der Waals surface area contributed by atoms with Crippen molar-refractivity contribution in [2.45, 2.75) is 25.8 Å². The van der Waals surface area contributed by atoms with Gasteiger partial charge in [-0.3, -0.25) is 14.6 Å². The van der Waals surface area contributed by atoms with Crippen molar-refractivity contribution in [3.63, 3.8) is 0 Å². The third-order valence-electron chi connectivity index (χ3n) is 5.70. The van der Waals surface area contributed by atoms with Crippen LogP contribution in [0.2, 0.25) is 0 Å². The van der Waals surface area contributed by atoms with Gasteiger partial charge >= 0.3 is 0 Å². The van der Waals surface area contributed by atoms with Crippen LogP contribution in [0.1, 0.15) is 46.4 Å². The lowest BCUT2D eigenvalue weighted by molar-refractivity contribution is -0.126. The molecule has 0 aliphatic carbocycles. The second kappa shape index (κ2) is 9.64. The fourth-order valence-electron chi connectivity index (χ4n) is 3.93. The summed E-state index contributed by atoms with van der Waals surface area (Å²) in [5.41, 5.74) is 1.95. The van der Waals surface area contributed by atoms with Crippen LogP contribution < -0.4 is 10.1 Å². The molecule has 4 rings (SSSR count). The van der Waals surface area contributed by atoms with Gasteiger partial charge in [0, 0.05) is 31.3 Å². The number of nitrogens with one attached hydrogen (secondary N) is 1. The number of likely N-dealkylation sites (tertiary alicyclic amines) is 1. The number of carbonyl (C=O) groups is 2. The molecule has 32 heavy (non-hydrogen) atoms. The lowest BCUT2D eigenvalue weighted by Gasteiger charge is -2.31. The number of piperidine rings is 1. The minimum Gasteiger partial charge on any atom is -0.497 e. The number of nitrogens with zero attached hydrogens (tertiary/aromatic N) is 3. The first kappa shape index (κ1) is 21.5. The number of aryl methyl sites for hydroxylation is 1. The van der Waals surface area contributed by atoms with E-state index < -0.39 is 6.04 Å². The number of ether oxygens (including phenoxy) is 1. The number of carbonyl (C=O) groups excluding carboxylic acids is 2. The summed E-state index contributed by atoms with van der Waals surface area (Å²) >= 11 is 0. The quantitative estimate of drug-likeness (QED) is 0.640. The number of pyridine rings is 1. The van der Waals surface area contributed by atoms with Gasteiger partial charge in [-0.25, -0.2) is 0 Å². The fraction of sp³-hybridized carbons (Fsp3) is 0.333. The van der Waals surface area contributed by atoms with E-state index in [2.05, 4.69) is 15.5 Å². The summed E-state index contributed by atoms with van der Waals surface area (Å²) in [6.07, 6.45) is 2.88. The predicted molar refractivity (Wildman–Crippen MR) is 117 cm³/mol. The first-order valence-corrected chi connectivity index (χ1v) is 10.6. The van der Waals surface area contributed by atoms with Crippen molar-refractivity contribution >= 4 is 11.8 Å². The highest BCUT2D eigenvalue weighted by molar-refractivity contribution is 5.92. The van der Waals surface area contributed by atoms with Gasteiger partial charge in [-0.2, -0.15) is 0 Å². The Morgan fingerprint density at radius 1 is 1.16 bits per heavy atom. The number of amides is 2. The number of hydrogen-bond donors (Lipinski definition) is 1. The molecule has 0 bridgehead atoms. The standard InChI is InChI=1S/C24H26N4O4/c1-16-14-21(27-32-16)24(30)28-12-9-17(10-13-28)23(29)26-22(20-8-3-4-11-25-20)18-6-5-7-19(15-18)31-2/h3-8,11,14-15,17,22H,9-10,12-13H2,1-2H3,(H,26,29). The van der Waals surface area contributed by atoms with Gasteiger partial charge in [-0.05, 0) is 49.6 Å². The van der Waals surface area contributed by atoms with Gasteiger partial charge in [0.15, 0.2) is 5.69 Å². The number of methoxy groups -OCH3 is 1. The Balaban J connectivity index is 1.44. The third kappa shape index (κ3) is 4.80. The number of aromatic nitrogens is 2. The normalized spacial score (nSPS) is 15.2. The SMILES string of the molecule is COc1cccc(C(NC(=O)C2CCN(C(=O)c3cc(C)on3)CC2)c2ccccn2)c1. The molecule has 1 aliphatic rings. The van der Waals surface area contributed by atoms with Crippen molar-refractivity contribution in [2.24, 2.45) is 5.92 Å². The van der Waals surface area contributed by atoms with Gasteiger partial charge < -0.3 is 19.5 Å². The smallest absolute Gasteiger partial charge is 0.276 e. The first-order valence-electron chi connectivity index (χ1n) is 10.6. The van der Waals surface area contributed by atoms with Crippen LogP contribution in [-0.2, 0) is 4.79 Å². The summed E-state index contributed by atoms with van der Waals surface area (Å²) in [7, 11) is 1.61. The average molecular weight is 434 g/mol. The van der Waals surface area contributed by atoms with E-state index in [1.54, 1.807) is 31.2 Å². The molecule has 0 saturated carbocycles. The molecule has 166 valence electrons. The Labute approximate surface area is 186 Å². The Hall–Kier alpha value is -3.68. The highest BCUT2D eigenvalue weighted by Crippen LogP contribution is 2.26. The molecule has 1 N–H and O–H groups in total. The van der Waals surface area contributed by atoms with Crippen molar-refractivity contribution in [3.8, 4) is 5.75 Å². The molecule has 3 heterocycles. The van der Waals surface area contributed by atoms with Gasteiger partial charge in [0.05, 0.1) is 18.8 Å². The number of rotatable bonds is 6. The molecule has 2 aromatic heterocycles. The first-order chi connectivity index (χ1) is 15.5. The molecular weight excluding hydrogens is 408 g/mol. The van der Waals surface area contributed by atoms with E-state index in [-0.39, 0.29) is 17.7 Å². The Morgan fingerprint density at radius 2 is 1.97 bits per heavy atom. The molecule has 1 atom stereocenters. The lowest BCUT2D eigenvalue weighted by atomic mass is 9.94. The molecular formula is C24H26N4O4. The van der Waals surface area contributed by atoms with E-state index in [0.717, 1.165) is 11.3 Å². The van der Waals surface area contributed by atoms with Gasteiger partial charge in [0.25, 0.3) is 5.91 Å². The molecule has 1 aliphatic heterocycles. The molecule has 0 spiro atoms. The van der Waals surface area contributed by atoms with Crippen molar-refractivity contribution in [1.82, 2.24) is 20.4 Å². The van der Waals surface area contributed by atoms with Crippen molar-refractivity contribution < 1.29 is 18.8 Å². The number of benzene rings is 1. The highest BCUT2D eigenvalue weighted by Gasteiger charge is 2.30. The van der Waals surface area contributed by atoms with Gasteiger partial charge in [-0.1, -0.05) is 23.4 Å². The minimum atomic E-state index is -0.392. The molecule has 2 amide bonds. The van der Waals surface area contributed by atoms with Crippen LogP contribution in [0.25, 0.3) is 0 Å². The Bertz CT molecular complexity index is 1070. The van der Waals surface area contributed by atoms with Crippen molar-refractivity contribution in [1.29, 1.82) is 0 Å². The van der Waals surface area contributed by atoms with Crippen LogP contribution in [-0.4, -0.2) is 47.1 Å². The summed E-state index contributed by atoms with van der Waals surface area (Å²) in [5.74, 6) is 0.916. The van der Waals surface area contributed by atoms with Crippen LogP contribution in [0.4, 0.5) is 0 Å². The Kier molecular flexibility index (Phi) is 6.49. The molecule has 1 aromatic carbocycles.